The Hall–Kier alpha value is -1.39. The molecule has 0 aromatic heterocycles. The molecule has 1 fully saturated rings. The molecule has 1 aliphatic carbocycles. The monoisotopic (exact) mass is 263 g/mol. The number of hydrogen-bond acceptors (Lipinski definition) is 3. The van der Waals surface area contributed by atoms with E-state index in [9.17, 15) is 9.90 Å². The summed E-state index contributed by atoms with van der Waals surface area (Å²) in [5.74, 6) is -0.165. The molecule has 4 heteroatoms. The Kier molecular flexibility index (Phi) is 4.56. The lowest BCUT2D eigenvalue weighted by atomic mass is 9.87. The fraction of sp³-hybridized carbons (Fsp3) is 0.533. The minimum absolute atomic E-state index is 0.426. The minimum Gasteiger partial charge on any atom is -0.480 e. The van der Waals surface area contributed by atoms with Gasteiger partial charge in [-0.2, -0.15) is 0 Å². The summed E-state index contributed by atoms with van der Waals surface area (Å²) < 4.78 is 5.58. The van der Waals surface area contributed by atoms with Gasteiger partial charge in [0.2, 0.25) is 0 Å². The summed E-state index contributed by atoms with van der Waals surface area (Å²) in [7, 11) is 1.68. The Morgan fingerprint density at radius 2 is 2.11 bits per heavy atom. The van der Waals surface area contributed by atoms with Crippen LogP contribution in [0.2, 0.25) is 0 Å². The molecule has 1 aromatic carbocycles. The number of nitrogens with one attached hydrogen (secondary N) is 1. The molecular weight excluding hydrogens is 242 g/mol. The van der Waals surface area contributed by atoms with Gasteiger partial charge in [-0.25, -0.2) is 4.79 Å². The Bertz CT molecular complexity index is 417. The summed E-state index contributed by atoms with van der Waals surface area (Å²) >= 11 is 0. The first kappa shape index (κ1) is 14.0. The predicted molar refractivity (Wildman–Crippen MR) is 73.0 cm³/mol. The molecule has 0 spiro atoms. The maximum Gasteiger partial charge on any atom is 0.328 e. The highest BCUT2D eigenvalue weighted by Gasteiger charge is 2.38. The first-order valence-electron chi connectivity index (χ1n) is 6.74. The van der Waals surface area contributed by atoms with E-state index in [1.54, 1.807) is 7.05 Å². The summed E-state index contributed by atoms with van der Waals surface area (Å²) in [6.45, 7) is 1.22. The fourth-order valence-electron chi connectivity index (χ4n) is 2.23. The van der Waals surface area contributed by atoms with Gasteiger partial charge >= 0.3 is 5.97 Å². The zero-order chi connectivity index (χ0) is 13.7. The molecule has 0 bridgehead atoms. The third-order valence-corrected chi connectivity index (χ3v) is 3.73. The van der Waals surface area contributed by atoms with Crippen molar-refractivity contribution in [2.45, 2.75) is 24.8 Å². The average molecular weight is 263 g/mol. The first-order chi connectivity index (χ1) is 9.19. The van der Waals surface area contributed by atoms with Crippen LogP contribution >= 0.6 is 0 Å². The Morgan fingerprint density at radius 1 is 1.42 bits per heavy atom. The number of benzene rings is 1. The van der Waals surface area contributed by atoms with E-state index >= 15 is 0 Å². The third-order valence-electron chi connectivity index (χ3n) is 3.73. The second-order valence-electron chi connectivity index (χ2n) is 5.09. The standard InChI is InChI=1S/C15H21NO3/c1-16-15(14(17)18,13-5-3-2-4-6-13)9-10-19-11-12-7-8-12/h2-6,12,16H,7-11H2,1H3,(H,17,18). The zero-order valence-corrected chi connectivity index (χ0v) is 11.3. The number of rotatable bonds is 8. The van der Waals surface area contributed by atoms with E-state index < -0.39 is 11.5 Å². The van der Waals surface area contributed by atoms with Gasteiger partial charge in [-0.1, -0.05) is 30.3 Å². The molecule has 2 rings (SSSR count). The van der Waals surface area contributed by atoms with Gasteiger partial charge < -0.3 is 15.2 Å². The van der Waals surface area contributed by atoms with Crippen molar-refractivity contribution in [1.82, 2.24) is 5.32 Å². The van der Waals surface area contributed by atoms with Crippen molar-refractivity contribution in [3.8, 4) is 0 Å². The smallest absolute Gasteiger partial charge is 0.328 e. The van der Waals surface area contributed by atoms with Crippen molar-refractivity contribution < 1.29 is 14.6 Å². The molecule has 0 saturated heterocycles. The maximum atomic E-state index is 11.7. The maximum absolute atomic E-state index is 11.7. The highest BCUT2D eigenvalue weighted by atomic mass is 16.5. The van der Waals surface area contributed by atoms with Gasteiger partial charge in [0.05, 0.1) is 0 Å². The van der Waals surface area contributed by atoms with E-state index in [2.05, 4.69) is 5.32 Å². The molecule has 1 saturated carbocycles. The van der Waals surface area contributed by atoms with Crippen LogP contribution < -0.4 is 5.32 Å². The molecule has 1 aromatic rings. The van der Waals surface area contributed by atoms with E-state index in [1.807, 2.05) is 30.3 Å². The SMILES string of the molecule is CNC(CCOCC1CC1)(C(=O)O)c1ccccc1. The van der Waals surface area contributed by atoms with E-state index in [1.165, 1.54) is 12.8 Å². The highest BCUT2D eigenvalue weighted by Crippen LogP contribution is 2.30. The van der Waals surface area contributed by atoms with Crippen LogP contribution in [0.1, 0.15) is 24.8 Å². The number of aliphatic carboxylic acids is 1. The van der Waals surface area contributed by atoms with Crippen molar-refractivity contribution >= 4 is 5.97 Å². The van der Waals surface area contributed by atoms with Gasteiger partial charge in [0.25, 0.3) is 0 Å². The first-order valence-corrected chi connectivity index (χ1v) is 6.74. The number of ether oxygens (including phenoxy) is 1. The van der Waals surface area contributed by atoms with Crippen LogP contribution in [0.5, 0.6) is 0 Å². The molecule has 0 radical (unpaired) electrons. The van der Waals surface area contributed by atoms with E-state index in [-0.39, 0.29) is 0 Å². The normalized spacial score (nSPS) is 17.9. The molecule has 1 unspecified atom stereocenters. The van der Waals surface area contributed by atoms with Crippen LogP contribution in [-0.2, 0) is 15.1 Å². The van der Waals surface area contributed by atoms with Gasteiger partial charge in [0.15, 0.2) is 0 Å². The summed E-state index contributed by atoms with van der Waals surface area (Å²) in [6, 6.07) is 9.28. The number of carboxylic acids is 1. The van der Waals surface area contributed by atoms with Crippen molar-refractivity contribution in [2.24, 2.45) is 5.92 Å². The van der Waals surface area contributed by atoms with Crippen molar-refractivity contribution in [1.29, 1.82) is 0 Å². The Balaban J connectivity index is 2.02. The Morgan fingerprint density at radius 3 is 2.63 bits per heavy atom. The van der Waals surface area contributed by atoms with Crippen LogP contribution in [0.3, 0.4) is 0 Å². The predicted octanol–water partition coefficient (Wildman–Crippen LogP) is 2.00. The van der Waals surface area contributed by atoms with Crippen LogP contribution in [-0.4, -0.2) is 31.3 Å². The van der Waals surface area contributed by atoms with Gasteiger partial charge in [0.1, 0.15) is 5.54 Å². The van der Waals surface area contributed by atoms with Gasteiger partial charge in [-0.15, -0.1) is 0 Å². The average Bonchev–Trinajstić information content (AvgIpc) is 3.24. The quantitative estimate of drug-likeness (QED) is 0.704. The number of carboxylic acid groups (broad SMARTS) is 1. The number of carbonyl (C=O) groups is 1. The molecule has 1 atom stereocenters. The second kappa shape index (κ2) is 6.17. The minimum atomic E-state index is -1.06. The van der Waals surface area contributed by atoms with Crippen LogP contribution in [0, 0.1) is 5.92 Å². The molecule has 4 nitrogen and oxygen atoms in total. The Labute approximate surface area is 113 Å². The van der Waals surface area contributed by atoms with Gasteiger partial charge in [-0.3, -0.25) is 0 Å². The number of hydrogen-bond donors (Lipinski definition) is 2. The molecule has 2 N–H and O–H groups in total. The zero-order valence-electron chi connectivity index (χ0n) is 11.3. The summed E-state index contributed by atoms with van der Waals surface area (Å²) in [6.07, 6.45) is 2.92. The van der Waals surface area contributed by atoms with E-state index in [0.717, 1.165) is 12.2 Å². The topological polar surface area (TPSA) is 58.6 Å². The van der Waals surface area contributed by atoms with Crippen molar-refractivity contribution in [2.75, 3.05) is 20.3 Å². The lowest BCUT2D eigenvalue weighted by Gasteiger charge is -2.29. The largest absolute Gasteiger partial charge is 0.480 e. The summed E-state index contributed by atoms with van der Waals surface area (Å²) in [5.41, 5.74) is -0.301. The molecule has 19 heavy (non-hydrogen) atoms. The van der Waals surface area contributed by atoms with E-state index in [0.29, 0.717) is 18.9 Å². The van der Waals surface area contributed by atoms with Crippen LogP contribution in [0.15, 0.2) is 30.3 Å². The number of likely N-dealkylation sites (N-methyl/N-ethyl adjacent to an activating group) is 1. The second-order valence-corrected chi connectivity index (χ2v) is 5.09. The molecule has 0 aliphatic heterocycles. The molecule has 0 amide bonds. The summed E-state index contributed by atoms with van der Waals surface area (Å²) in [5, 5.41) is 12.5. The summed E-state index contributed by atoms with van der Waals surface area (Å²) in [4.78, 5) is 11.7. The van der Waals surface area contributed by atoms with Crippen molar-refractivity contribution in [3.63, 3.8) is 0 Å². The van der Waals surface area contributed by atoms with Gasteiger partial charge in [0, 0.05) is 19.6 Å². The third kappa shape index (κ3) is 3.33. The van der Waals surface area contributed by atoms with Crippen LogP contribution in [0.25, 0.3) is 0 Å². The highest BCUT2D eigenvalue weighted by molar-refractivity contribution is 5.80. The van der Waals surface area contributed by atoms with Gasteiger partial charge in [-0.05, 0) is 31.4 Å². The van der Waals surface area contributed by atoms with Crippen molar-refractivity contribution in [3.05, 3.63) is 35.9 Å². The molecular formula is C15H21NO3. The van der Waals surface area contributed by atoms with E-state index in [4.69, 9.17) is 4.74 Å². The molecule has 0 heterocycles. The molecule has 1 aliphatic rings. The lowest BCUT2D eigenvalue weighted by molar-refractivity contribution is -0.146. The lowest BCUT2D eigenvalue weighted by Crippen LogP contribution is -2.48. The fourth-order valence-corrected chi connectivity index (χ4v) is 2.23. The molecule has 104 valence electrons. The van der Waals surface area contributed by atoms with Crippen LogP contribution in [0.4, 0.5) is 0 Å².